The number of methoxy groups -OCH3 is 1. The van der Waals surface area contributed by atoms with Crippen LogP contribution in [-0.2, 0) is 6.42 Å². The molecule has 0 saturated carbocycles. The Morgan fingerprint density at radius 1 is 1.15 bits per heavy atom. The highest BCUT2D eigenvalue weighted by Crippen LogP contribution is 2.39. The maximum Gasteiger partial charge on any atom is 0.129 e. The van der Waals surface area contributed by atoms with Crippen molar-refractivity contribution in [2.75, 3.05) is 7.11 Å². The molecule has 1 atom stereocenters. The Labute approximate surface area is 157 Å². The molecule has 0 fully saturated rings. The van der Waals surface area contributed by atoms with Crippen molar-refractivity contribution in [3.63, 3.8) is 0 Å². The van der Waals surface area contributed by atoms with Gasteiger partial charge in [-0.2, -0.15) is 0 Å². The summed E-state index contributed by atoms with van der Waals surface area (Å²) in [6.45, 7) is 7.94. The molecule has 2 aromatic carbocycles. The molecule has 0 N–H and O–H groups in total. The van der Waals surface area contributed by atoms with Crippen LogP contribution >= 0.6 is 0 Å². The van der Waals surface area contributed by atoms with Gasteiger partial charge >= 0.3 is 0 Å². The quantitative estimate of drug-likeness (QED) is 0.559. The fourth-order valence-electron chi connectivity index (χ4n) is 3.84. The van der Waals surface area contributed by atoms with E-state index in [0.29, 0.717) is 5.92 Å². The van der Waals surface area contributed by atoms with Crippen molar-refractivity contribution in [2.24, 2.45) is 0 Å². The van der Waals surface area contributed by atoms with Gasteiger partial charge in [0.25, 0.3) is 0 Å². The molecule has 2 heteroatoms. The summed E-state index contributed by atoms with van der Waals surface area (Å²) in [4.78, 5) is 0. The fourth-order valence-corrected chi connectivity index (χ4v) is 3.84. The minimum Gasteiger partial charge on any atom is -0.496 e. The Balaban J connectivity index is 1.83. The van der Waals surface area contributed by atoms with Crippen LogP contribution in [0.2, 0.25) is 0 Å². The van der Waals surface area contributed by atoms with E-state index in [0.717, 1.165) is 30.8 Å². The molecule has 1 aliphatic carbocycles. The third kappa shape index (κ3) is 3.85. The number of benzene rings is 2. The van der Waals surface area contributed by atoms with Crippen LogP contribution in [0.15, 0.2) is 55.3 Å². The van der Waals surface area contributed by atoms with Crippen molar-refractivity contribution in [3.8, 4) is 11.5 Å². The standard InChI is InChI=1S/C24H28O2/c1-5-18-15-22(11-13-24(18)26-6-2)20-9-7-8-19(16-20)21-10-12-23(25-4)17(3)14-21/h6,8,10-15,20H,2,5,7,9,16H2,1,3-4H3. The maximum atomic E-state index is 5.54. The molecule has 0 heterocycles. The first-order chi connectivity index (χ1) is 12.7. The lowest BCUT2D eigenvalue weighted by Gasteiger charge is -2.25. The van der Waals surface area contributed by atoms with Crippen LogP contribution in [0, 0.1) is 6.92 Å². The van der Waals surface area contributed by atoms with Crippen LogP contribution in [0.25, 0.3) is 5.57 Å². The highest BCUT2D eigenvalue weighted by molar-refractivity contribution is 5.68. The predicted molar refractivity (Wildman–Crippen MR) is 109 cm³/mol. The van der Waals surface area contributed by atoms with E-state index in [1.807, 2.05) is 0 Å². The minimum absolute atomic E-state index is 0.556. The highest BCUT2D eigenvalue weighted by atomic mass is 16.5. The molecule has 0 amide bonds. The molecule has 0 saturated heterocycles. The van der Waals surface area contributed by atoms with E-state index >= 15 is 0 Å². The van der Waals surface area contributed by atoms with Gasteiger partial charge in [0, 0.05) is 0 Å². The van der Waals surface area contributed by atoms with E-state index in [2.05, 4.69) is 62.9 Å². The smallest absolute Gasteiger partial charge is 0.129 e. The molecule has 0 spiro atoms. The first-order valence-electron chi connectivity index (χ1n) is 9.40. The van der Waals surface area contributed by atoms with Crippen molar-refractivity contribution in [3.05, 3.63) is 77.6 Å². The largest absolute Gasteiger partial charge is 0.496 e. The number of allylic oxidation sites excluding steroid dienone is 2. The maximum absolute atomic E-state index is 5.54. The van der Waals surface area contributed by atoms with Gasteiger partial charge in [-0.1, -0.05) is 37.8 Å². The summed E-state index contributed by atoms with van der Waals surface area (Å²) in [7, 11) is 1.73. The number of rotatable bonds is 6. The second-order valence-electron chi connectivity index (χ2n) is 6.90. The molecule has 0 bridgehead atoms. The number of hydrogen-bond donors (Lipinski definition) is 0. The van der Waals surface area contributed by atoms with Gasteiger partial charge in [-0.3, -0.25) is 0 Å². The van der Waals surface area contributed by atoms with Gasteiger partial charge < -0.3 is 9.47 Å². The minimum atomic E-state index is 0.556. The third-order valence-electron chi connectivity index (χ3n) is 5.28. The van der Waals surface area contributed by atoms with E-state index < -0.39 is 0 Å². The topological polar surface area (TPSA) is 18.5 Å². The number of aryl methyl sites for hydroxylation is 2. The van der Waals surface area contributed by atoms with Crippen molar-refractivity contribution < 1.29 is 9.47 Å². The molecule has 0 aliphatic heterocycles. The van der Waals surface area contributed by atoms with Gasteiger partial charge in [0.05, 0.1) is 13.4 Å². The molecule has 1 aliphatic rings. The van der Waals surface area contributed by atoms with E-state index in [1.165, 1.54) is 40.5 Å². The second kappa shape index (κ2) is 8.27. The van der Waals surface area contributed by atoms with Gasteiger partial charge in [-0.05, 0) is 84.6 Å². The van der Waals surface area contributed by atoms with Crippen LogP contribution in [0.3, 0.4) is 0 Å². The van der Waals surface area contributed by atoms with Crippen molar-refractivity contribution in [1.82, 2.24) is 0 Å². The zero-order chi connectivity index (χ0) is 18.5. The van der Waals surface area contributed by atoms with E-state index in [-0.39, 0.29) is 0 Å². The third-order valence-corrected chi connectivity index (χ3v) is 5.28. The van der Waals surface area contributed by atoms with Gasteiger partial charge in [-0.15, -0.1) is 0 Å². The summed E-state index contributed by atoms with van der Waals surface area (Å²) in [6.07, 6.45) is 8.26. The Bertz CT molecular complexity index is 817. The second-order valence-corrected chi connectivity index (χ2v) is 6.90. The average molecular weight is 348 g/mol. The van der Waals surface area contributed by atoms with Gasteiger partial charge in [0.2, 0.25) is 0 Å². The molecule has 0 radical (unpaired) electrons. The Hall–Kier alpha value is -2.48. The van der Waals surface area contributed by atoms with E-state index in [1.54, 1.807) is 7.11 Å². The predicted octanol–water partition coefficient (Wildman–Crippen LogP) is 6.44. The summed E-state index contributed by atoms with van der Waals surface area (Å²) < 4.78 is 10.9. The van der Waals surface area contributed by atoms with Crippen molar-refractivity contribution in [1.29, 1.82) is 0 Å². The lowest BCUT2D eigenvalue weighted by atomic mass is 9.81. The normalized spacial score (nSPS) is 16.7. The highest BCUT2D eigenvalue weighted by Gasteiger charge is 2.20. The fraction of sp³-hybridized carbons (Fsp3) is 0.333. The summed E-state index contributed by atoms with van der Waals surface area (Å²) in [6, 6.07) is 13.1. The SMILES string of the molecule is C=COc1ccc(C2CCC=C(c3ccc(OC)c(C)c3)C2)cc1CC. The molecule has 1 unspecified atom stereocenters. The summed E-state index contributed by atoms with van der Waals surface area (Å²) >= 11 is 0. The molecule has 3 rings (SSSR count). The molecular formula is C24H28O2. The molecule has 2 nitrogen and oxygen atoms in total. The molecular weight excluding hydrogens is 320 g/mol. The van der Waals surface area contributed by atoms with Gasteiger partial charge in [-0.25, -0.2) is 0 Å². The average Bonchev–Trinajstić information content (AvgIpc) is 2.68. The van der Waals surface area contributed by atoms with Crippen LogP contribution < -0.4 is 9.47 Å². The first-order valence-corrected chi connectivity index (χ1v) is 9.40. The van der Waals surface area contributed by atoms with Gasteiger partial charge in [0.1, 0.15) is 11.5 Å². The first kappa shape index (κ1) is 18.3. The Kier molecular flexibility index (Phi) is 5.82. The molecule has 136 valence electrons. The summed E-state index contributed by atoms with van der Waals surface area (Å²) in [5.41, 5.74) is 6.60. The van der Waals surface area contributed by atoms with Crippen LogP contribution in [0.5, 0.6) is 11.5 Å². The zero-order valence-electron chi connectivity index (χ0n) is 16.0. The van der Waals surface area contributed by atoms with Gasteiger partial charge in [0.15, 0.2) is 0 Å². The molecule has 2 aromatic rings. The Morgan fingerprint density at radius 3 is 2.65 bits per heavy atom. The number of hydrogen-bond acceptors (Lipinski definition) is 2. The van der Waals surface area contributed by atoms with Crippen molar-refractivity contribution >= 4 is 5.57 Å². The summed E-state index contributed by atoms with van der Waals surface area (Å²) in [5.74, 6) is 2.43. The molecule has 26 heavy (non-hydrogen) atoms. The zero-order valence-corrected chi connectivity index (χ0v) is 16.0. The van der Waals surface area contributed by atoms with E-state index in [9.17, 15) is 0 Å². The summed E-state index contributed by atoms with van der Waals surface area (Å²) in [5, 5.41) is 0. The lowest BCUT2D eigenvalue weighted by molar-refractivity contribution is 0.411. The van der Waals surface area contributed by atoms with E-state index in [4.69, 9.17) is 9.47 Å². The molecule has 0 aromatic heterocycles. The van der Waals surface area contributed by atoms with Crippen molar-refractivity contribution in [2.45, 2.75) is 45.4 Å². The van der Waals surface area contributed by atoms with Crippen LogP contribution in [0.1, 0.15) is 54.4 Å². The lowest BCUT2D eigenvalue weighted by Crippen LogP contribution is -2.06. The van der Waals surface area contributed by atoms with Crippen LogP contribution in [-0.4, -0.2) is 7.11 Å². The monoisotopic (exact) mass is 348 g/mol. The number of ether oxygens (including phenoxy) is 2. The van der Waals surface area contributed by atoms with Crippen LogP contribution in [0.4, 0.5) is 0 Å². The Morgan fingerprint density at radius 2 is 1.96 bits per heavy atom.